The summed E-state index contributed by atoms with van der Waals surface area (Å²) >= 11 is 0. The summed E-state index contributed by atoms with van der Waals surface area (Å²) in [4.78, 5) is 20.1. The number of carbonyl (C=O) groups excluding carboxylic acids is 1. The second kappa shape index (κ2) is 8.30. The van der Waals surface area contributed by atoms with Crippen LogP contribution in [0.2, 0.25) is 0 Å². The number of rotatable bonds is 5. The van der Waals surface area contributed by atoms with Crippen LogP contribution in [0.5, 0.6) is 11.5 Å². The van der Waals surface area contributed by atoms with Crippen LogP contribution in [0.4, 0.5) is 0 Å². The summed E-state index contributed by atoms with van der Waals surface area (Å²) in [7, 11) is 0. The summed E-state index contributed by atoms with van der Waals surface area (Å²) in [5, 5.41) is 3.90. The Balaban J connectivity index is 1.41. The van der Waals surface area contributed by atoms with Gasteiger partial charge in [0, 0.05) is 37.1 Å². The van der Waals surface area contributed by atoms with Crippen LogP contribution in [0.15, 0.2) is 48.5 Å². The molecule has 0 unspecified atom stereocenters. The number of fused-ring (bicyclic) bond motifs is 2. The van der Waals surface area contributed by atoms with Gasteiger partial charge < -0.3 is 19.5 Å². The first-order chi connectivity index (χ1) is 14.8. The fourth-order valence-electron chi connectivity index (χ4n) is 3.81. The summed E-state index contributed by atoms with van der Waals surface area (Å²) in [5.41, 5.74) is 3.01. The third-order valence-electron chi connectivity index (χ3n) is 5.45. The van der Waals surface area contributed by atoms with E-state index in [0.29, 0.717) is 17.9 Å². The second-order valence-corrected chi connectivity index (χ2v) is 7.35. The van der Waals surface area contributed by atoms with Gasteiger partial charge in [0.15, 0.2) is 11.5 Å². The monoisotopic (exact) mass is 405 g/mol. The number of pyridine rings is 1. The van der Waals surface area contributed by atoms with Gasteiger partial charge in [-0.2, -0.15) is 0 Å². The number of benzene rings is 2. The molecule has 1 saturated heterocycles. The van der Waals surface area contributed by atoms with E-state index in [4.69, 9.17) is 19.2 Å². The Labute approximate surface area is 174 Å². The molecule has 2 aliphatic heterocycles. The molecular formula is C23H23N3O4. The van der Waals surface area contributed by atoms with Crippen molar-refractivity contribution in [1.29, 1.82) is 0 Å². The van der Waals surface area contributed by atoms with Gasteiger partial charge in [-0.25, -0.2) is 4.98 Å². The molecule has 154 valence electrons. The number of para-hydroxylation sites is 1. The Morgan fingerprint density at radius 1 is 1.03 bits per heavy atom. The Bertz CT molecular complexity index is 1080. The maximum atomic E-state index is 13.0. The lowest BCUT2D eigenvalue weighted by Crippen LogP contribution is -2.41. The number of nitrogens with zero attached hydrogens (tertiary/aromatic N) is 2. The number of amides is 1. The number of hydrogen-bond donors (Lipinski definition) is 1. The number of hydrogen-bond acceptors (Lipinski definition) is 6. The van der Waals surface area contributed by atoms with Gasteiger partial charge in [0.2, 0.25) is 6.79 Å². The van der Waals surface area contributed by atoms with E-state index < -0.39 is 0 Å². The highest BCUT2D eigenvalue weighted by Gasteiger charge is 2.18. The molecule has 0 radical (unpaired) electrons. The highest BCUT2D eigenvalue weighted by Crippen LogP contribution is 2.36. The SMILES string of the molecule is O=C(NCCN1CCOCC1)c1cc(-c2ccc3c(c2)OCO3)nc2ccccc12. The number of morpholine rings is 1. The van der Waals surface area contributed by atoms with E-state index in [9.17, 15) is 4.79 Å². The summed E-state index contributed by atoms with van der Waals surface area (Å²) in [6.45, 7) is 4.94. The Hall–Kier alpha value is -3.16. The van der Waals surface area contributed by atoms with Crippen LogP contribution in [-0.2, 0) is 4.74 Å². The van der Waals surface area contributed by atoms with Gasteiger partial charge in [-0.05, 0) is 30.3 Å². The number of nitrogens with one attached hydrogen (secondary N) is 1. The van der Waals surface area contributed by atoms with Crippen molar-refractivity contribution in [3.05, 3.63) is 54.1 Å². The molecule has 1 fully saturated rings. The molecule has 2 aromatic carbocycles. The predicted molar refractivity (Wildman–Crippen MR) is 113 cm³/mol. The van der Waals surface area contributed by atoms with Crippen molar-refractivity contribution in [2.24, 2.45) is 0 Å². The van der Waals surface area contributed by atoms with Crippen molar-refractivity contribution >= 4 is 16.8 Å². The fraction of sp³-hybridized carbons (Fsp3) is 0.304. The minimum atomic E-state index is -0.0937. The fourth-order valence-corrected chi connectivity index (χ4v) is 3.81. The van der Waals surface area contributed by atoms with E-state index in [1.807, 2.05) is 48.5 Å². The van der Waals surface area contributed by atoms with Crippen LogP contribution in [0.25, 0.3) is 22.2 Å². The molecule has 2 aliphatic rings. The zero-order valence-corrected chi connectivity index (χ0v) is 16.6. The van der Waals surface area contributed by atoms with E-state index in [1.54, 1.807) is 0 Å². The van der Waals surface area contributed by atoms with Crippen molar-refractivity contribution in [3.63, 3.8) is 0 Å². The molecule has 0 atom stereocenters. The quantitative estimate of drug-likeness (QED) is 0.704. The van der Waals surface area contributed by atoms with E-state index in [2.05, 4.69) is 10.2 Å². The predicted octanol–water partition coefficient (Wildman–Crippen LogP) is 2.69. The van der Waals surface area contributed by atoms with Crippen LogP contribution in [0.3, 0.4) is 0 Å². The summed E-state index contributed by atoms with van der Waals surface area (Å²) in [6, 6.07) is 15.3. The highest BCUT2D eigenvalue weighted by atomic mass is 16.7. The van der Waals surface area contributed by atoms with E-state index >= 15 is 0 Å². The van der Waals surface area contributed by atoms with Gasteiger partial charge >= 0.3 is 0 Å². The second-order valence-electron chi connectivity index (χ2n) is 7.35. The molecule has 3 aromatic rings. The number of carbonyl (C=O) groups is 1. The van der Waals surface area contributed by atoms with Crippen molar-refractivity contribution in [2.75, 3.05) is 46.2 Å². The average molecular weight is 405 g/mol. The summed E-state index contributed by atoms with van der Waals surface area (Å²) in [6.07, 6.45) is 0. The molecule has 1 N–H and O–H groups in total. The van der Waals surface area contributed by atoms with Crippen LogP contribution in [0.1, 0.15) is 10.4 Å². The Kier molecular flexibility index (Phi) is 5.21. The molecule has 5 rings (SSSR count). The topological polar surface area (TPSA) is 72.9 Å². The minimum absolute atomic E-state index is 0.0937. The van der Waals surface area contributed by atoms with Crippen LogP contribution < -0.4 is 14.8 Å². The molecular weight excluding hydrogens is 382 g/mol. The van der Waals surface area contributed by atoms with Crippen LogP contribution >= 0.6 is 0 Å². The lowest BCUT2D eigenvalue weighted by molar-refractivity contribution is 0.0383. The average Bonchev–Trinajstić information content (AvgIpc) is 3.27. The minimum Gasteiger partial charge on any atom is -0.454 e. The van der Waals surface area contributed by atoms with Crippen molar-refractivity contribution in [3.8, 4) is 22.8 Å². The van der Waals surface area contributed by atoms with Crippen molar-refractivity contribution < 1.29 is 19.0 Å². The van der Waals surface area contributed by atoms with Gasteiger partial charge in [-0.15, -0.1) is 0 Å². The smallest absolute Gasteiger partial charge is 0.252 e. The van der Waals surface area contributed by atoms with Crippen molar-refractivity contribution in [1.82, 2.24) is 15.2 Å². The van der Waals surface area contributed by atoms with Crippen LogP contribution in [-0.4, -0.2) is 62.0 Å². The first-order valence-electron chi connectivity index (χ1n) is 10.2. The molecule has 0 aliphatic carbocycles. The molecule has 0 bridgehead atoms. The number of aromatic nitrogens is 1. The zero-order chi connectivity index (χ0) is 20.3. The maximum absolute atomic E-state index is 13.0. The molecule has 0 spiro atoms. The van der Waals surface area contributed by atoms with Gasteiger partial charge in [-0.3, -0.25) is 9.69 Å². The lowest BCUT2D eigenvalue weighted by Gasteiger charge is -2.26. The van der Waals surface area contributed by atoms with Gasteiger partial charge in [0.25, 0.3) is 5.91 Å². The largest absolute Gasteiger partial charge is 0.454 e. The molecule has 30 heavy (non-hydrogen) atoms. The van der Waals surface area contributed by atoms with E-state index in [1.165, 1.54) is 0 Å². The standard InChI is InChI=1S/C23H23N3O4/c27-23(24-7-8-26-9-11-28-12-10-26)18-14-20(25-19-4-2-1-3-17(18)19)16-5-6-21-22(13-16)30-15-29-21/h1-6,13-14H,7-12,15H2,(H,24,27). The van der Waals surface area contributed by atoms with E-state index in [-0.39, 0.29) is 12.7 Å². The first-order valence-corrected chi connectivity index (χ1v) is 10.2. The first kappa shape index (κ1) is 18.8. The lowest BCUT2D eigenvalue weighted by atomic mass is 10.0. The Morgan fingerprint density at radius 2 is 1.87 bits per heavy atom. The Morgan fingerprint density at radius 3 is 2.77 bits per heavy atom. The zero-order valence-electron chi connectivity index (χ0n) is 16.6. The van der Waals surface area contributed by atoms with Gasteiger partial charge in [-0.1, -0.05) is 18.2 Å². The summed E-state index contributed by atoms with van der Waals surface area (Å²) < 4.78 is 16.3. The highest BCUT2D eigenvalue weighted by molar-refractivity contribution is 6.07. The maximum Gasteiger partial charge on any atom is 0.252 e. The summed E-state index contributed by atoms with van der Waals surface area (Å²) in [5.74, 6) is 1.32. The van der Waals surface area contributed by atoms with E-state index in [0.717, 1.165) is 60.8 Å². The number of ether oxygens (including phenoxy) is 3. The van der Waals surface area contributed by atoms with Gasteiger partial charge in [0.1, 0.15) is 0 Å². The molecule has 0 saturated carbocycles. The molecule has 3 heterocycles. The normalized spacial score (nSPS) is 16.0. The molecule has 7 nitrogen and oxygen atoms in total. The van der Waals surface area contributed by atoms with Gasteiger partial charge in [0.05, 0.1) is 30.0 Å². The van der Waals surface area contributed by atoms with Crippen LogP contribution in [0, 0.1) is 0 Å². The molecule has 1 amide bonds. The molecule has 7 heteroatoms. The molecule has 1 aromatic heterocycles. The van der Waals surface area contributed by atoms with Crippen molar-refractivity contribution in [2.45, 2.75) is 0 Å². The third kappa shape index (κ3) is 3.81. The third-order valence-corrected chi connectivity index (χ3v) is 5.45.